The minimum absolute atomic E-state index is 0.0599. The van der Waals surface area contributed by atoms with E-state index in [1.54, 1.807) is 12.1 Å². The average molecular weight is 339 g/mol. The van der Waals surface area contributed by atoms with Crippen LogP contribution < -0.4 is 5.32 Å². The third-order valence-electron chi connectivity index (χ3n) is 2.70. The molecule has 0 aliphatic heterocycles. The Morgan fingerprint density at radius 2 is 1.89 bits per heavy atom. The van der Waals surface area contributed by atoms with E-state index in [1.165, 1.54) is 0 Å². The number of halogens is 2. The fourth-order valence-corrected chi connectivity index (χ4v) is 2.23. The summed E-state index contributed by atoms with van der Waals surface area (Å²) in [5.41, 5.74) is 1.81. The quantitative estimate of drug-likeness (QED) is 0.894. The molecule has 0 radical (unpaired) electrons. The summed E-state index contributed by atoms with van der Waals surface area (Å²) < 4.78 is 0.901. The molecule has 2 aromatic carbocycles. The smallest absolute Gasteiger partial charge is 0.251 e. The second-order valence-electron chi connectivity index (χ2n) is 4.14. The van der Waals surface area contributed by atoms with Gasteiger partial charge in [-0.3, -0.25) is 4.79 Å². The van der Waals surface area contributed by atoms with Gasteiger partial charge in [0.15, 0.2) is 0 Å². The molecule has 0 atom stereocenters. The van der Waals surface area contributed by atoms with Crippen molar-refractivity contribution in [3.63, 3.8) is 0 Å². The first kappa shape index (κ1) is 14.1. The Bertz CT molecular complexity index is 569. The van der Waals surface area contributed by atoms with E-state index < -0.39 is 0 Å². The van der Waals surface area contributed by atoms with Crippen LogP contribution in [0.3, 0.4) is 0 Å². The maximum absolute atomic E-state index is 11.9. The van der Waals surface area contributed by atoms with Crippen LogP contribution in [-0.4, -0.2) is 12.5 Å². The topological polar surface area (TPSA) is 29.1 Å². The van der Waals surface area contributed by atoms with E-state index in [0.29, 0.717) is 12.1 Å². The first-order valence-corrected chi connectivity index (χ1v) is 7.10. The van der Waals surface area contributed by atoms with E-state index in [4.69, 9.17) is 11.6 Å². The van der Waals surface area contributed by atoms with E-state index in [0.717, 1.165) is 21.5 Å². The highest BCUT2D eigenvalue weighted by atomic mass is 79.9. The minimum atomic E-state index is -0.0599. The number of benzene rings is 2. The maximum atomic E-state index is 11.9. The summed E-state index contributed by atoms with van der Waals surface area (Å²) in [4.78, 5) is 11.9. The minimum Gasteiger partial charge on any atom is -0.352 e. The number of rotatable bonds is 4. The molecule has 0 saturated heterocycles. The Morgan fingerprint density at radius 3 is 2.58 bits per heavy atom. The molecule has 0 saturated carbocycles. The molecule has 0 aliphatic carbocycles. The van der Waals surface area contributed by atoms with Gasteiger partial charge in [-0.2, -0.15) is 0 Å². The van der Waals surface area contributed by atoms with Crippen molar-refractivity contribution in [3.05, 3.63) is 69.2 Å². The SMILES string of the molecule is O=C(NCCc1ccc(Cl)cc1)c1cccc(Br)c1. The lowest BCUT2D eigenvalue weighted by atomic mass is 10.1. The number of carbonyl (C=O) groups is 1. The zero-order chi connectivity index (χ0) is 13.7. The van der Waals surface area contributed by atoms with E-state index in [-0.39, 0.29) is 5.91 Å². The third-order valence-corrected chi connectivity index (χ3v) is 3.44. The first-order valence-electron chi connectivity index (χ1n) is 5.93. The molecule has 0 fully saturated rings. The lowest BCUT2D eigenvalue weighted by Gasteiger charge is -2.06. The predicted octanol–water partition coefficient (Wildman–Crippen LogP) is 4.08. The van der Waals surface area contributed by atoms with Crippen molar-refractivity contribution in [2.45, 2.75) is 6.42 Å². The van der Waals surface area contributed by atoms with Gasteiger partial charge in [0, 0.05) is 21.6 Å². The van der Waals surface area contributed by atoms with Crippen LogP contribution in [-0.2, 0) is 6.42 Å². The molecule has 0 spiro atoms. The Hall–Kier alpha value is -1.32. The molecule has 2 nitrogen and oxygen atoms in total. The standard InChI is InChI=1S/C15H13BrClNO/c16-13-3-1-2-12(10-13)15(19)18-9-8-11-4-6-14(17)7-5-11/h1-7,10H,8-9H2,(H,18,19). The second-order valence-corrected chi connectivity index (χ2v) is 5.49. The normalized spacial score (nSPS) is 10.2. The van der Waals surface area contributed by atoms with Gasteiger partial charge in [0.2, 0.25) is 0 Å². The van der Waals surface area contributed by atoms with Crippen LogP contribution in [0.15, 0.2) is 53.0 Å². The van der Waals surface area contributed by atoms with Crippen molar-refractivity contribution >= 4 is 33.4 Å². The van der Waals surface area contributed by atoms with Crippen molar-refractivity contribution in [1.29, 1.82) is 0 Å². The fourth-order valence-electron chi connectivity index (χ4n) is 1.70. The summed E-state index contributed by atoms with van der Waals surface area (Å²) in [6.07, 6.45) is 0.789. The summed E-state index contributed by atoms with van der Waals surface area (Å²) in [6, 6.07) is 15.0. The Balaban J connectivity index is 1.86. The molecule has 1 N–H and O–H groups in total. The number of hydrogen-bond acceptors (Lipinski definition) is 1. The number of carbonyl (C=O) groups excluding carboxylic acids is 1. The van der Waals surface area contributed by atoms with Crippen LogP contribution >= 0.6 is 27.5 Å². The monoisotopic (exact) mass is 337 g/mol. The number of nitrogens with one attached hydrogen (secondary N) is 1. The Labute approximate surface area is 125 Å². The molecule has 4 heteroatoms. The molecule has 1 amide bonds. The fraction of sp³-hybridized carbons (Fsp3) is 0.133. The van der Waals surface area contributed by atoms with Crippen LogP contribution in [0, 0.1) is 0 Å². The van der Waals surface area contributed by atoms with Gasteiger partial charge in [0.05, 0.1) is 0 Å². The predicted molar refractivity (Wildman–Crippen MR) is 81.6 cm³/mol. The number of hydrogen-bond donors (Lipinski definition) is 1. The zero-order valence-electron chi connectivity index (χ0n) is 10.2. The van der Waals surface area contributed by atoms with Crippen LogP contribution in [0.5, 0.6) is 0 Å². The van der Waals surface area contributed by atoms with Crippen molar-refractivity contribution in [3.8, 4) is 0 Å². The first-order chi connectivity index (χ1) is 9.15. The second kappa shape index (κ2) is 6.73. The molecular weight excluding hydrogens is 326 g/mol. The summed E-state index contributed by atoms with van der Waals surface area (Å²) in [6.45, 7) is 0.604. The number of amides is 1. The maximum Gasteiger partial charge on any atom is 0.251 e. The van der Waals surface area contributed by atoms with Crippen LogP contribution in [0.2, 0.25) is 5.02 Å². The largest absolute Gasteiger partial charge is 0.352 e. The van der Waals surface area contributed by atoms with Crippen molar-refractivity contribution < 1.29 is 4.79 Å². The van der Waals surface area contributed by atoms with Gasteiger partial charge in [0.25, 0.3) is 5.91 Å². The summed E-state index contributed by atoms with van der Waals surface area (Å²) in [5.74, 6) is -0.0599. The highest BCUT2D eigenvalue weighted by molar-refractivity contribution is 9.10. The molecule has 0 aliphatic rings. The Morgan fingerprint density at radius 1 is 1.16 bits per heavy atom. The molecule has 2 rings (SSSR count). The van der Waals surface area contributed by atoms with E-state index in [2.05, 4.69) is 21.2 Å². The van der Waals surface area contributed by atoms with Crippen molar-refractivity contribution in [1.82, 2.24) is 5.32 Å². The van der Waals surface area contributed by atoms with Crippen LogP contribution in [0.25, 0.3) is 0 Å². The molecule has 0 unspecified atom stereocenters. The molecule has 98 valence electrons. The molecule has 2 aromatic rings. The van der Waals surface area contributed by atoms with Crippen LogP contribution in [0.4, 0.5) is 0 Å². The van der Waals surface area contributed by atoms with Gasteiger partial charge in [-0.15, -0.1) is 0 Å². The van der Waals surface area contributed by atoms with Crippen molar-refractivity contribution in [2.75, 3.05) is 6.54 Å². The molecule has 0 aromatic heterocycles. The summed E-state index contributed by atoms with van der Waals surface area (Å²) in [5, 5.41) is 3.62. The van der Waals surface area contributed by atoms with Gasteiger partial charge < -0.3 is 5.32 Å². The van der Waals surface area contributed by atoms with Gasteiger partial charge in [0.1, 0.15) is 0 Å². The van der Waals surface area contributed by atoms with Gasteiger partial charge in [-0.1, -0.05) is 45.7 Å². The zero-order valence-corrected chi connectivity index (χ0v) is 12.5. The van der Waals surface area contributed by atoms with Gasteiger partial charge >= 0.3 is 0 Å². The third kappa shape index (κ3) is 4.37. The van der Waals surface area contributed by atoms with E-state index in [9.17, 15) is 4.79 Å². The molecule has 19 heavy (non-hydrogen) atoms. The highest BCUT2D eigenvalue weighted by Crippen LogP contribution is 2.12. The molecular formula is C15H13BrClNO. The summed E-state index contributed by atoms with van der Waals surface area (Å²) >= 11 is 9.17. The molecule has 0 bridgehead atoms. The van der Waals surface area contributed by atoms with E-state index >= 15 is 0 Å². The van der Waals surface area contributed by atoms with Crippen molar-refractivity contribution in [2.24, 2.45) is 0 Å². The highest BCUT2D eigenvalue weighted by Gasteiger charge is 2.04. The van der Waals surface area contributed by atoms with Crippen LogP contribution in [0.1, 0.15) is 15.9 Å². The average Bonchev–Trinajstić information content (AvgIpc) is 2.41. The van der Waals surface area contributed by atoms with Gasteiger partial charge in [-0.25, -0.2) is 0 Å². The van der Waals surface area contributed by atoms with E-state index in [1.807, 2.05) is 36.4 Å². The lowest BCUT2D eigenvalue weighted by Crippen LogP contribution is -2.25. The Kier molecular flexibility index (Phi) is 5.00. The summed E-state index contributed by atoms with van der Waals surface area (Å²) in [7, 11) is 0. The van der Waals surface area contributed by atoms with Gasteiger partial charge in [-0.05, 0) is 42.3 Å². The lowest BCUT2D eigenvalue weighted by molar-refractivity contribution is 0.0954. The molecule has 0 heterocycles.